The monoisotopic (exact) mass is 389 g/mol. The maximum absolute atomic E-state index is 14.3. The Morgan fingerprint density at radius 3 is 2.96 bits per heavy atom. The number of carbonyl (C=O) groups excluding carboxylic acids is 1. The molecule has 0 radical (unpaired) electrons. The minimum Gasteiger partial charge on any atom is -0.379 e. The lowest BCUT2D eigenvalue weighted by Gasteiger charge is -2.35. The molecule has 0 fully saturated rings. The minimum absolute atomic E-state index is 0.183. The summed E-state index contributed by atoms with van der Waals surface area (Å²) < 4.78 is 14.3. The van der Waals surface area contributed by atoms with E-state index in [1.165, 1.54) is 17.8 Å². The van der Waals surface area contributed by atoms with Crippen molar-refractivity contribution in [2.24, 2.45) is 10.7 Å². The van der Waals surface area contributed by atoms with E-state index in [0.29, 0.717) is 18.0 Å². The van der Waals surface area contributed by atoms with Crippen LogP contribution >= 0.6 is 11.8 Å². The second-order valence-electron chi connectivity index (χ2n) is 6.93. The standard InChI is InChI=1S/C21H28FN3OS/c1-4-5-6-7-15(2)8-11-19(26)24-18-14-16(9-10-17(18)22)21(3)12-13-27-20(23)25-21/h4-7,9-10,18H,2,8,11-14H2,1,3H3,(H2,23,25)(H,24,26)/b5-4-,7-6-. The van der Waals surface area contributed by atoms with Crippen LogP contribution in [0.3, 0.4) is 0 Å². The molecule has 27 heavy (non-hydrogen) atoms. The van der Waals surface area contributed by atoms with Crippen molar-refractivity contribution in [2.45, 2.75) is 51.1 Å². The molecule has 0 aromatic carbocycles. The van der Waals surface area contributed by atoms with Gasteiger partial charge in [0.15, 0.2) is 5.17 Å². The van der Waals surface area contributed by atoms with Gasteiger partial charge >= 0.3 is 0 Å². The van der Waals surface area contributed by atoms with Gasteiger partial charge in [0, 0.05) is 12.2 Å². The van der Waals surface area contributed by atoms with E-state index in [9.17, 15) is 9.18 Å². The number of rotatable bonds is 7. The van der Waals surface area contributed by atoms with E-state index in [1.807, 2.05) is 38.2 Å². The molecular weight excluding hydrogens is 361 g/mol. The van der Waals surface area contributed by atoms with Gasteiger partial charge in [-0.25, -0.2) is 4.39 Å². The van der Waals surface area contributed by atoms with E-state index in [1.54, 1.807) is 6.08 Å². The molecule has 2 unspecified atom stereocenters. The predicted molar refractivity (Wildman–Crippen MR) is 113 cm³/mol. The molecule has 0 saturated carbocycles. The molecule has 0 bridgehead atoms. The van der Waals surface area contributed by atoms with Gasteiger partial charge in [-0.2, -0.15) is 0 Å². The molecule has 1 amide bonds. The first-order chi connectivity index (χ1) is 12.8. The van der Waals surface area contributed by atoms with Crippen LogP contribution in [-0.2, 0) is 4.79 Å². The maximum Gasteiger partial charge on any atom is 0.220 e. The van der Waals surface area contributed by atoms with Gasteiger partial charge in [-0.05, 0) is 44.8 Å². The molecule has 2 rings (SSSR count). The first-order valence-corrected chi connectivity index (χ1v) is 10.1. The SMILES string of the molecule is C=C(/C=C\C=C/C)CCC(=O)NC1CC(C2(C)CCSC(N)=N2)=CC=C1F. The van der Waals surface area contributed by atoms with Crippen molar-refractivity contribution in [3.8, 4) is 0 Å². The Labute approximate surface area is 165 Å². The molecule has 146 valence electrons. The Morgan fingerprint density at radius 2 is 2.26 bits per heavy atom. The molecule has 0 saturated heterocycles. The highest BCUT2D eigenvalue weighted by atomic mass is 32.2. The van der Waals surface area contributed by atoms with Crippen molar-refractivity contribution < 1.29 is 9.18 Å². The summed E-state index contributed by atoms with van der Waals surface area (Å²) in [5.74, 6) is 0.372. The van der Waals surface area contributed by atoms with Crippen LogP contribution in [0.15, 0.2) is 65.0 Å². The molecule has 0 aromatic heterocycles. The van der Waals surface area contributed by atoms with Crippen molar-refractivity contribution >= 4 is 22.8 Å². The summed E-state index contributed by atoms with van der Waals surface area (Å²) >= 11 is 1.54. The Kier molecular flexibility index (Phi) is 7.66. The molecule has 2 aliphatic rings. The number of nitrogens with zero attached hydrogens (tertiary/aromatic N) is 1. The fourth-order valence-corrected chi connectivity index (χ4v) is 4.02. The van der Waals surface area contributed by atoms with Gasteiger partial charge in [0.1, 0.15) is 5.83 Å². The fraction of sp³-hybridized carbons (Fsp3) is 0.429. The van der Waals surface area contributed by atoms with Gasteiger partial charge in [-0.3, -0.25) is 9.79 Å². The third-order valence-electron chi connectivity index (χ3n) is 4.73. The van der Waals surface area contributed by atoms with Crippen molar-refractivity contribution in [2.75, 3.05) is 5.75 Å². The first-order valence-electron chi connectivity index (χ1n) is 9.15. The second-order valence-corrected chi connectivity index (χ2v) is 8.05. The summed E-state index contributed by atoms with van der Waals surface area (Å²) in [4.78, 5) is 16.8. The number of allylic oxidation sites excluding steroid dienone is 7. The Bertz CT molecular complexity index is 736. The summed E-state index contributed by atoms with van der Waals surface area (Å²) in [7, 11) is 0. The molecule has 2 atom stereocenters. The van der Waals surface area contributed by atoms with Crippen molar-refractivity contribution in [3.05, 3.63) is 60.0 Å². The molecule has 3 N–H and O–H groups in total. The summed E-state index contributed by atoms with van der Waals surface area (Å²) in [5, 5.41) is 3.36. The highest BCUT2D eigenvalue weighted by Gasteiger charge is 2.35. The molecule has 1 aliphatic heterocycles. The van der Waals surface area contributed by atoms with Crippen LogP contribution in [0.25, 0.3) is 0 Å². The largest absolute Gasteiger partial charge is 0.379 e. The smallest absolute Gasteiger partial charge is 0.220 e. The number of amides is 1. The molecule has 0 aromatic rings. The third-order valence-corrected chi connectivity index (χ3v) is 5.53. The van der Waals surface area contributed by atoms with Crippen LogP contribution in [-0.4, -0.2) is 28.4 Å². The Balaban J connectivity index is 1.93. The van der Waals surface area contributed by atoms with Gasteiger partial charge in [0.2, 0.25) is 5.91 Å². The molecule has 1 aliphatic carbocycles. The van der Waals surface area contributed by atoms with E-state index >= 15 is 0 Å². The zero-order valence-corrected chi connectivity index (χ0v) is 16.8. The number of amidine groups is 1. The summed E-state index contributed by atoms with van der Waals surface area (Å²) in [6.45, 7) is 7.87. The Hall–Kier alpha value is -2.08. The first kappa shape index (κ1) is 21.2. The van der Waals surface area contributed by atoms with Crippen LogP contribution in [0.4, 0.5) is 4.39 Å². The van der Waals surface area contributed by atoms with E-state index in [-0.39, 0.29) is 18.2 Å². The zero-order valence-electron chi connectivity index (χ0n) is 16.0. The van der Waals surface area contributed by atoms with Crippen LogP contribution in [0.2, 0.25) is 0 Å². The van der Waals surface area contributed by atoms with E-state index in [2.05, 4.69) is 16.9 Å². The maximum atomic E-state index is 14.3. The number of carbonyl (C=O) groups is 1. The average Bonchev–Trinajstić information content (AvgIpc) is 2.62. The number of halogens is 1. The van der Waals surface area contributed by atoms with E-state index in [4.69, 9.17) is 5.73 Å². The van der Waals surface area contributed by atoms with Gasteiger partial charge in [0.25, 0.3) is 0 Å². The second kappa shape index (κ2) is 9.74. The van der Waals surface area contributed by atoms with Gasteiger partial charge in [-0.15, -0.1) is 0 Å². The lowest BCUT2D eigenvalue weighted by Crippen LogP contribution is -2.41. The van der Waals surface area contributed by atoms with Crippen LogP contribution in [0, 0.1) is 0 Å². The van der Waals surface area contributed by atoms with Crippen LogP contribution in [0.1, 0.15) is 39.5 Å². The zero-order chi connectivity index (χ0) is 19.9. The van der Waals surface area contributed by atoms with Gasteiger partial charge < -0.3 is 11.1 Å². The average molecular weight is 390 g/mol. The quantitative estimate of drug-likeness (QED) is 0.637. The van der Waals surface area contributed by atoms with Crippen molar-refractivity contribution in [1.82, 2.24) is 5.32 Å². The van der Waals surface area contributed by atoms with Crippen molar-refractivity contribution in [3.63, 3.8) is 0 Å². The van der Waals surface area contributed by atoms with E-state index in [0.717, 1.165) is 23.3 Å². The van der Waals surface area contributed by atoms with Crippen LogP contribution in [0.5, 0.6) is 0 Å². The number of aliphatic imine (C=N–C) groups is 1. The number of nitrogens with one attached hydrogen (secondary N) is 1. The molecular formula is C21H28FN3OS. The number of hydrogen-bond acceptors (Lipinski definition) is 4. The lowest BCUT2D eigenvalue weighted by molar-refractivity contribution is -0.121. The fourth-order valence-electron chi connectivity index (χ4n) is 3.05. The lowest BCUT2D eigenvalue weighted by atomic mass is 9.82. The third kappa shape index (κ3) is 6.24. The van der Waals surface area contributed by atoms with Gasteiger partial charge in [-0.1, -0.05) is 54.3 Å². The topological polar surface area (TPSA) is 67.5 Å². The van der Waals surface area contributed by atoms with Crippen LogP contribution < -0.4 is 11.1 Å². The number of hydrogen-bond donors (Lipinski definition) is 2. The molecule has 1 heterocycles. The van der Waals surface area contributed by atoms with Gasteiger partial charge in [0.05, 0.1) is 11.6 Å². The predicted octanol–water partition coefficient (Wildman–Crippen LogP) is 4.33. The summed E-state index contributed by atoms with van der Waals surface area (Å²) in [6, 6.07) is -0.646. The normalized spacial score (nSPS) is 25.9. The number of thioether (sulfide) groups is 1. The minimum atomic E-state index is -0.646. The summed E-state index contributed by atoms with van der Waals surface area (Å²) in [5.41, 5.74) is 7.31. The molecule has 0 spiro atoms. The highest BCUT2D eigenvalue weighted by Crippen LogP contribution is 2.37. The van der Waals surface area contributed by atoms with E-state index < -0.39 is 11.6 Å². The Morgan fingerprint density at radius 1 is 1.48 bits per heavy atom. The summed E-state index contributed by atoms with van der Waals surface area (Å²) in [6.07, 6.45) is 12.9. The highest BCUT2D eigenvalue weighted by molar-refractivity contribution is 8.13. The van der Waals surface area contributed by atoms with Crippen molar-refractivity contribution in [1.29, 1.82) is 0 Å². The molecule has 6 heteroatoms. The molecule has 4 nitrogen and oxygen atoms in total. The number of nitrogens with two attached hydrogens (primary N) is 1.